The first-order chi connectivity index (χ1) is 28.6. The number of aromatic nitrogens is 1. The van der Waals surface area contributed by atoms with Crippen LogP contribution in [0.5, 0.6) is 0 Å². The van der Waals surface area contributed by atoms with E-state index in [-0.39, 0.29) is 0 Å². The lowest BCUT2D eigenvalue weighted by molar-refractivity contribution is 0.669. The summed E-state index contributed by atoms with van der Waals surface area (Å²) in [5.74, 6) is 0.623. The van der Waals surface area contributed by atoms with Crippen LogP contribution in [0, 0.1) is 0 Å². The van der Waals surface area contributed by atoms with E-state index in [1.807, 2.05) is 30.3 Å². The smallest absolute Gasteiger partial charge is 0.136 e. The SMILES string of the molecule is N/C(c1ccc(-c2ccccc2)cc1)=c1/cccc/c1=C(/N)n1c2ccccc2c2cc3c(-c4ccc(-c5ccc6c(c5)oc5ccccc56)cc4)cccc3cc21. The molecular weight excluding hydrogens is 707 g/mol. The van der Waals surface area contributed by atoms with Crippen LogP contribution in [0.4, 0.5) is 0 Å². The van der Waals surface area contributed by atoms with Gasteiger partial charge in [0.05, 0.1) is 11.0 Å². The molecule has 0 bridgehead atoms. The van der Waals surface area contributed by atoms with Gasteiger partial charge in [-0.15, -0.1) is 0 Å². The largest absolute Gasteiger partial charge is 0.456 e. The van der Waals surface area contributed by atoms with Gasteiger partial charge in [-0.05, 0) is 86.1 Å². The van der Waals surface area contributed by atoms with E-state index in [4.69, 9.17) is 15.9 Å². The van der Waals surface area contributed by atoms with Gasteiger partial charge in [-0.2, -0.15) is 0 Å². The first-order valence-electron chi connectivity index (χ1n) is 19.6. The number of para-hydroxylation sites is 2. The van der Waals surface area contributed by atoms with Crippen molar-refractivity contribution in [1.82, 2.24) is 4.57 Å². The highest BCUT2D eigenvalue weighted by molar-refractivity contribution is 6.16. The zero-order chi connectivity index (χ0) is 38.7. The average molecular weight is 744 g/mol. The van der Waals surface area contributed by atoms with E-state index in [9.17, 15) is 0 Å². The molecule has 4 N–H and O–H groups in total. The lowest BCUT2D eigenvalue weighted by Crippen LogP contribution is -2.35. The molecule has 58 heavy (non-hydrogen) atoms. The van der Waals surface area contributed by atoms with E-state index >= 15 is 0 Å². The van der Waals surface area contributed by atoms with E-state index in [1.165, 1.54) is 16.5 Å². The lowest BCUT2D eigenvalue weighted by atomic mass is 9.95. The number of fused-ring (bicyclic) bond motifs is 7. The quantitative estimate of drug-likeness (QED) is 0.184. The van der Waals surface area contributed by atoms with Crippen molar-refractivity contribution < 1.29 is 4.42 Å². The molecule has 4 nitrogen and oxygen atoms in total. The minimum Gasteiger partial charge on any atom is -0.456 e. The zero-order valence-electron chi connectivity index (χ0n) is 31.6. The molecule has 0 saturated carbocycles. The average Bonchev–Trinajstić information content (AvgIpc) is 3.83. The van der Waals surface area contributed by atoms with Crippen molar-refractivity contribution >= 4 is 66.0 Å². The molecule has 0 aliphatic heterocycles. The number of furan rings is 1. The fourth-order valence-corrected chi connectivity index (χ4v) is 8.69. The molecule has 0 aliphatic carbocycles. The van der Waals surface area contributed by atoms with Gasteiger partial charge < -0.3 is 15.9 Å². The molecular formula is C54H37N3O. The summed E-state index contributed by atoms with van der Waals surface area (Å²) in [5.41, 5.74) is 26.7. The number of benzene rings is 9. The van der Waals surface area contributed by atoms with Gasteiger partial charge in [0.1, 0.15) is 17.0 Å². The molecule has 0 spiro atoms. The minimum absolute atomic E-state index is 0.623. The molecule has 4 heteroatoms. The Bertz CT molecular complexity index is 3500. The molecule has 0 atom stereocenters. The molecule has 11 aromatic rings. The number of hydrogen-bond acceptors (Lipinski definition) is 3. The first kappa shape index (κ1) is 33.5. The summed E-state index contributed by atoms with van der Waals surface area (Å²) in [7, 11) is 0. The third-order valence-corrected chi connectivity index (χ3v) is 11.6. The Hall–Kier alpha value is -7.82. The van der Waals surface area contributed by atoms with Gasteiger partial charge in [0.15, 0.2) is 0 Å². The number of nitrogens with zero attached hydrogens (tertiary/aromatic N) is 1. The van der Waals surface area contributed by atoms with Gasteiger partial charge in [-0.3, -0.25) is 4.57 Å². The maximum absolute atomic E-state index is 7.29. The Morgan fingerprint density at radius 3 is 1.83 bits per heavy atom. The summed E-state index contributed by atoms with van der Waals surface area (Å²) < 4.78 is 8.39. The van der Waals surface area contributed by atoms with Gasteiger partial charge in [0.25, 0.3) is 0 Å². The molecule has 11 rings (SSSR count). The molecule has 0 amide bonds. The van der Waals surface area contributed by atoms with E-state index in [2.05, 4.69) is 174 Å². The van der Waals surface area contributed by atoms with Crippen molar-refractivity contribution in [3.63, 3.8) is 0 Å². The monoisotopic (exact) mass is 743 g/mol. The van der Waals surface area contributed by atoms with Crippen LogP contribution >= 0.6 is 0 Å². The lowest BCUT2D eigenvalue weighted by Gasteiger charge is -2.12. The summed E-state index contributed by atoms with van der Waals surface area (Å²) in [4.78, 5) is 0. The highest BCUT2D eigenvalue weighted by atomic mass is 16.3. The van der Waals surface area contributed by atoms with Gasteiger partial charge in [0, 0.05) is 37.7 Å². The topological polar surface area (TPSA) is 70.1 Å². The van der Waals surface area contributed by atoms with Crippen LogP contribution in [0.15, 0.2) is 205 Å². The standard InChI is InChI=1S/C54H37N3O/c55-53(38-27-23-35(24-28-38)34-11-2-1-3-12-34)45-16-4-5-17-46(45)54(56)57-49-19-8-6-14-42(49)48-33-47-40(31-50(48)57)13-10-18-41(47)37-25-21-36(22-26-37)39-29-30-44-43-15-7-9-20-51(43)58-52(44)32-39/h1-33H,55-56H2/b53-45-,54-46+. The van der Waals surface area contributed by atoms with Crippen LogP contribution in [-0.4, -0.2) is 4.57 Å². The maximum atomic E-state index is 7.29. The first-order valence-corrected chi connectivity index (χ1v) is 19.6. The fraction of sp³-hybridized carbons (Fsp3) is 0. The highest BCUT2D eigenvalue weighted by Crippen LogP contribution is 2.38. The summed E-state index contributed by atoms with van der Waals surface area (Å²) >= 11 is 0. The van der Waals surface area contributed by atoms with Crippen molar-refractivity contribution in [3.8, 4) is 33.4 Å². The van der Waals surface area contributed by atoms with Gasteiger partial charge in [-0.1, -0.05) is 164 Å². The Morgan fingerprint density at radius 1 is 0.379 bits per heavy atom. The van der Waals surface area contributed by atoms with E-state index in [1.54, 1.807) is 0 Å². The van der Waals surface area contributed by atoms with Crippen molar-refractivity contribution in [1.29, 1.82) is 0 Å². The maximum Gasteiger partial charge on any atom is 0.136 e. The van der Waals surface area contributed by atoms with E-state index in [0.717, 1.165) is 87.4 Å². The molecule has 0 saturated heterocycles. The Morgan fingerprint density at radius 2 is 1.00 bits per heavy atom. The number of rotatable bonds is 5. The third kappa shape index (κ3) is 5.46. The predicted molar refractivity (Wildman–Crippen MR) is 242 cm³/mol. The number of nitrogens with two attached hydrogens (primary N) is 2. The summed E-state index contributed by atoms with van der Waals surface area (Å²) in [6.07, 6.45) is 0. The van der Waals surface area contributed by atoms with Gasteiger partial charge >= 0.3 is 0 Å². The highest BCUT2D eigenvalue weighted by Gasteiger charge is 2.16. The van der Waals surface area contributed by atoms with Crippen molar-refractivity contribution in [2.45, 2.75) is 0 Å². The molecule has 2 heterocycles. The van der Waals surface area contributed by atoms with Crippen LogP contribution in [0.2, 0.25) is 0 Å². The number of hydrogen-bond donors (Lipinski definition) is 2. The van der Waals surface area contributed by atoms with E-state index in [0.29, 0.717) is 11.5 Å². The van der Waals surface area contributed by atoms with Crippen molar-refractivity contribution in [3.05, 3.63) is 216 Å². The van der Waals surface area contributed by atoms with Crippen molar-refractivity contribution in [2.75, 3.05) is 0 Å². The molecule has 0 fully saturated rings. The second kappa shape index (κ2) is 13.4. The molecule has 274 valence electrons. The van der Waals surface area contributed by atoms with Crippen LogP contribution in [0.1, 0.15) is 5.56 Å². The molecule has 0 unspecified atom stereocenters. The van der Waals surface area contributed by atoms with E-state index < -0.39 is 0 Å². The summed E-state index contributed by atoms with van der Waals surface area (Å²) in [6, 6.07) is 70.1. The second-order valence-electron chi connectivity index (χ2n) is 14.9. The van der Waals surface area contributed by atoms with Gasteiger partial charge in [0.2, 0.25) is 0 Å². The normalized spacial score (nSPS) is 12.8. The Labute approximate surface area is 334 Å². The Kier molecular flexibility index (Phi) is 7.76. The van der Waals surface area contributed by atoms with Crippen LogP contribution in [0.25, 0.3) is 99.4 Å². The predicted octanol–water partition coefficient (Wildman–Crippen LogP) is 11.5. The van der Waals surface area contributed by atoms with Crippen LogP contribution < -0.4 is 21.9 Å². The Balaban J connectivity index is 1.03. The van der Waals surface area contributed by atoms with Crippen molar-refractivity contribution in [2.24, 2.45) is 11.5 Å². The minimum atomic E-state index is 0.623. The van der Waals surface area contributed by atoms with Gasteiger partial charge in [-0.25, -0.2) is 0 Å². The van der Waals surface area contributed by atoms with Crippen LogP contribution in [0.3, 0.4) is 0 Å². The zero-order valence-corrected chi connectivity index (χ0v) is 31.6. The molecule has 9 aromatic carbocycles. The molecule has 2 aromatic heterocycles. The molecule has 0 radical (unpaired) electrons. The van der Waals surface area contributed by atoms with Crippen LogP contribution in [-0.2, 0) is 0 Å². The second-order valence-corrected chi connectivity index (χ2v) is 14.9. The molecule has 0 aliphatic rings. The fourth-order valence-electron chi connectivity index (χ4n) is 8.69. The third-order valence-electron chi connectivity index (χ3n) is 11.6. The summed E-state index contributed by atoms with van der Waals surface area (Å²) in [6.45, 7) is 0. The summed E-state index contributed by atoms with van der Waals surface area (Å²) in [5, 5.41) is 8.65.